The zero-order valence-electron chi connectivity index (χ0n) is 5.69. The minimum absolute atomic E-state index is 0.0557. The lowest BCUT2D eigenvalue weighted by Crippen LogP contribution is -2.05. The molecule has 0 nitrogen and oxygen atoms in total. The van der Waals surface area contributed by atoms with Gasteiger partial charge in [-0.1, -0.05) is 11.6 Å². The summed E-state index contributed by atoms with van der Waals surface area (Å²) in [6.07, 6.45) is -4.39. The van der Waals surface area contributed by atoms with Crippen LogP contribution in [0.1, 0.15) is 5.56 Å². The van der Waals surface area contributed by atoms with Crippen LogP contribution in [0.4, 0.5) is 13.2 Å². The van der Waals surface area contributed by atoms with Gasteiger partial charge in [0.15, 0.2) is 0 Å². The van der Waals surface area contributed by atoms with E-state index in [9.17, 15) is 13.2 Å². The Morgan fingerprint density at radius 3 is 2.25 bits per heavy atom. The van der Waals surface area contributed by atoms with Gasteiger partial charge in [-0.15, -0.1) is 12.6 Å². The Hall–Kier alpha value is -0.350. The number of alkyl halides is 3. The van der Waals surface area contributed by atoms with Crippen LogP contribution in [-0.4, -0.2) is 0 Å². The van der Waals surface area contributed by atoms with Gasteiger partial charge in [0, 0.05) is 9.92 Å². The van der Waals surface area contributed by atoms with Crippen molar-refractivity contribution >= 4 is 24.2 Å². The number of benzene rings is 1. The molecule has 0 amide bonds. The summed E-state index contributed by atoms with van der Waals surface area (Å²) in [4.78, 5) is -0.119. The van der Waals surface area contributed by atoms with Gasteiger partial charge in [-0.25, -0.2) is 0 Å². The fourth-order valence-corrected chi connectivity index (χ4v) is 1.17. The summed E-state index contributed by atoms with van der Waals surface area (Å²) in [7, 11) is 0. The summed E-state index contributed by atoms with van der Waals surface area (Å²) < 4.78 is 36.4. The molecule has 1 aromatic carbocycles. The van der Waals surface area contributed by atoms with Gasteiger partial charge in [0.1, 0.15) is 0 Å². The average molecular weight is 213 g/mol. The molecule has 0 atom stereocenters. The predicted molar refractivity (Wildman–Crippen MR) is 43.7 cm³/mol. The molecule has 1 aromatic rings. The smallest absolute Gasteiger partial charge is 0.166 e. The van der Waals surface area contributed by atoms with Gasteiger partial charge >= 0.3 is 6.18 Å². The normalized spacial score (nSPS) is 11.8. The first-order chi connectivity index (χ1) is 5.41. The highest BCUT2D eigenvalue weighted by molar-refractivity contribution is 7.80. The van der Waals surface area contributed by atoms with Gasteiger partial charge in [0.05, 0.1) is 5.56 Å². The minimum atomic E-state index is -4.39. The van der Waals surface area contributed by atoms with Gasteiger partial charge < -0.3 is 0 Å². The largest absolute Gasteiger partial charge is 0.417 e. The van der Waals surface area contributed by atoms with E-state index in [0.29, 0.717) is 0 Å². The number of rotatable bonds is 0. The fraction of sp³-hybridized carbons (Fsp3) is 0.143. The van der Waals surface area contributed by atoms with E-state index in [1.807, 2.05) is 0 Å². The maximum atomic E-state index is 12.1. The van der Waals surface area contributed by atoms with Crippen LogP contribution in [-0.2, 0) is 6.18 Å². The van der Waals surface area contributed by atoms with E-state index in [4.69, 9.17) is 11.6 Å². The van der Waals surface area contributed by atoms with Crippen LogP contribution in [0.15, 0.2) is 23.1 Å². The summed E-state index contributed by atoms with van der Waals surface area (Å²) in [6.45, 7) is 0. The van der Waals surface area contributed by atoms with Crippen LogP contribution in [0, 0.1) is 0 Å². The summed E-state index contributed by atoms with van der Waals surface area (Å²) >= 11 is 9.05. The molecule has 0 aliphatic carbocycles. The molecule has 66 valence electrons. The summed E-state index contributed by atoms with van der Waals surface area (Å²) in [5.74, 6) is 0. The molecular weight excluding hydrogens is 209 g/mol. The Balaban J connectivity index is 3.23. The lowest BCUT2D eigenvalue weighted by Gasteiger charge is -2.08. The Morgan fingerprint density at radius 1 is 1.25 bits per heavy atom. The molecule has 1 rings (SSSR count). The van der Waals surface area contributed by atoms with Crippen molar-refractivity contribution in [2.45, 2.75) is 11.1 Å². The Morgan fingerprint density at radius 2 is 1.83 bits per heavy atom. The molecule has 0 heterocycles. The third-order valence-corrected chi connectivity index (χ3v) is 1.89. The maximum Gasteiger partial charge on any atom is 0.417 e. The Bertz CT molecular complexity index is 295. The molecule has 12 heavy (non-hydrogen) atoms. The van der Waals surface area contributed by atoms with Crippen LogP contribution < -0.4 is 0 Å². The highest BCUT2D eigenvalue weighted by atomic mass is 35.5. The monoisotopic (exact) mass is 212 g/mol. The summed E-state index contributed by atoms with van der Waals surface area (Å²) in [5.41, 5.74) is -0.807. The molecule has 5 heteroatoms. The lowest BCUT2D eigenvalue weighted by molar-refractivity contribution is -0.139. The highest BCUT2D eigenvalue weighted by Crippen LogP contribution is 2.35. The van der Waals surface area contributed by atoms with Crippen LogP contribution in [0.5, 0.6) is 0 Å². The topological polar surface area (TPSA) is 0 Å². The standard InChI is InChI=1S/C7H4ClF3S/c8-4-1-2-6(12)5(3-4)7(9,10)11/h1-3,12H. The van der Waals surface area contributed by atoms with Crippen molar-refractivity contribution in [2.24, 2.45) is 0 Å². The zero-order valence-corrected chi connectivity index (χ0v) is 7.34. The minimum Gasteiger partial charge on any atom is -0.166 e. The Labute approximate surface area is 77.8 Å². The van der Waals surface area contributed by atoms with E-state index in [-0.39, 0.29) is 9.92 Å². The van der Waals surface area contributed by atoms with Crippen LogP contribution in [0.2, 0.25) is 5.02 Å². The van der Waals surface area contributed by atoms with Crippen molar-refractivity contribution in [2.75, 3.05) is 0 Å². The van der Waals surface area contributed by atoms with Crippen molar-refractivity contribution < 1.29 is 13.2 Å². The molecule has 0 saturated heterocycles. The number of hydrogen-bond acceptors (Lipinski definition) is 1. The molecule has 0 spiro atoms. The Kier molecular flexibility index (Phi) is 2.58. The van der Waals surface area contributed by atoms with Gasteiger partial charge in [-0.2, -0.15) is 13.2 Å². The zero-order chi connectivity index (χ0) is 9.35. The van der Waals surface area contributed by atoms with E-state index >= 15 is 0 Å². The molecule has 0 aliphatic rings. The van der Waals surface area contributed by atoms with Crippen LogP contribution in [0.3, 0.4) is 0 Å². The third-order valence-electron chi connectivity index (χ3n) is 1.26. The van der Waals surface area contributed by atoms with E-state index in [2.05, 4.69) is 12.6 Å². The molecule has 0 radical (unpaired) electrons. The first-order valence-corrected chi connectivity index (χ1v) is 3.79. The number of thiol groups is 1. The van der Waals surface area contributed by atoms with Crippen molar-refractivity contribution in [1.29, 1.82) is 0 Å². The van der Waals surface area contributed by atoms with E-state index < -0.39 is 11.7 Å². The quantitative estimate of drug-likeness (QED) is 0.624. The lowest BCUT2D eigenvalue weighted by atomic mass is 10.2. The second kappa shape index (κ2) is 3.18. The van der Waals surface area contributed by atoms with Gasteiger partial charge in [0.25, 0.3) is 0 Å². The summed E-state index contributed by atoms with van der Waals surface area (Å²) in [5, 5.41) is 0.0557. The first-order valence-electron chi connectivity index (χ1n) is 2.97. The number of halogens is 4. The van der Waals surface area contributed by atoms with Gasteiger partial charge in [0.2, 0.25) is 0 Å². The molecule has 0 unspecified atom stereocenters. The van der Waals surface area contributed by atoms with Crippen LogP contribution >= 0.6 is 24.2 Å². The highest BCUT2D eigenvalue weighted by Gasteiger charge is 2.32. The van der Waals surface area contributed by atoms with Crippen LogP contribution in [0.25, 0.3) is 0 Å². The van der Waals surface area contributed by atoms with Crippen molar-refractivity contribution in [3.63, 3.8) is 0 Å². The number of hydrogen-bond donors (Lipinski definition) is 1. The fourth-order valence-electron chi connectivity index (χ4n) is 0.735. The molecule has 0 fully saturated rings. The van der Waals surface area contributed by atoms with Crippen molar-refractivity contribution in [3.8, 4) is 0 Å². The molecule has 0 bridgehead atoms. The van der Waals surface area contributed by atoms with Crippen molar-refractivity contribution in [3.05, 3.63) is 28.8 Å². The van der Waals surface area contributed by atoms with E-state index in [0.717, 1.165) is 6.07 Å². The molecule has 0 saturated carbocycles. The SMILES string of the molecule is FC(F)(F)c1cc(Cl)ccc1S. The third kappa shape index (κ3) is 2.08. The molecule has 0 aliphatic heterocycles. The van der Waals surface area contributed by atoms with Gasteiger partial charge in [-0.3, -0.25) is 0 Å². The van der Waals surface area contributed by atoms with E-state index in [1.165, 1.54) is 12.1 Å². The average Bonchev–Trinajstić information content (AvgIpc) is 1.92. The summed E-state index contributed by atoms with van der Waals surface area (Å²) in [6, 6.07) is 3.43. The molecular formula is C7H4ClF3S. The second-order valence-corrected chi connectivity index (χ2v) is 3.08. The molecule has 0 N–H and O–H groups in total. The van der Waals surface area contributed by atoms with E-state index in [1.54, 1.807) is 0 Å². The van der Waals surface area contributed by atoms with Crippen molar-refractivity contribution in [1.82, 2.24) is 0 Å². The first kappa shape index (κ1) is 9.74. The predicted octanol–water partition coefficient (Wildman–Crippen LogP) is 3.65. The van der Waals surface area contributed by atoms with Gasteiger partial charge in [-0.05, 0) is 18.2 Å². The molecule has 0 aromatic heterocycles. The second-order valence-electron chi connectivity index (χ2n) is 2.16. The maximum absolute atomic E-state index is 12.1.